The maximum atomic E-state index is 7.76. The molecule has 2 aliphatic carbocycles. The van der Waals surface area contributed by atoms with Crippen LogP contribution in [0.1, 0.15) is 103 Å². The van der Waals surface area contributed by atoms with E-state index in [4.69, 9.17) is 4.74 Å². The molecule has 85 heavy (non-hydrogen) atoms. The molecule has 10 aromatic carbocycles. The Hall–Kier alpha value is -8.51. The third-order valence-electron chi connectivity index (χ3n) is 20.8. The van der Waals surface area contributed by atoms with Gasteiger partial charge in [0.25, 0.3) is 13.4 Å². The maximum absolute atomic E-state index is 7.76. The van der Waals surface area contributed by atoms with Gasteiger partial charge >= 0.3 is 0 Å². The van der Waals surface area contributed by atoms with Crippen LogP contribution in [0.25, 0.3) is 32.3 Å². The fourth-order valence-corrected chi connectivity index (χ4v) is 17.4. The number of thiophene rings is 1. The van der Waals surface area contributed by atoms with Gasteiger partial charge in [0.1, 0.15) is 11.5 Å². The molecule has 412 valence electrons. The van der Waals surface area contributed by atoms with E-state index in [9.17, 15) is 0 Å². The van der Waals surface area contributed by atoms with Gasteiger partial charge in [-0.1, -0.05) is 189 Å². The molecule has 0 fully saturated rings. The normalized spacial score (nSPS) is 17.3. The van der Waals surface area contributed by atoms with Crippen molar-refractivity contribution in [1.29, 1.82) is 0 Å². The fourth-order valence-electron chi connectivity index (χ4n) is 16.0. The smallest absolute Gasteiger partial charge is 0.268 e. The Morgan fingerprint density at radius 1 is 0.353 bits per heavy atom. The molecule has 7 heteroatoms. The van der Waals surface area contributed by atoms with E-state index in [-0.39, 0.29) is 35.1 Å². The molecular formula is C78H67B2N3OS. The summed E-state index contributed by atoms with van der Waals surface area (Å²) in [4.78, 5) is 7.67. The van der Waals surface area contributed by atoms with Gasteiger partial charge in [0, 0.05) is 66.4 Å². The summed E-state index contributed by atoms with van der Waals surface area (Å²) in [5.74, 6) is 1.82. The first kappa shape index (κ1) is 51.0. The minimum Gasteiger partial charge on any atom is -0.458 e. The summed E-state index contributed by atoms with van der Waals surface area (Å²) in [6, 6.07) is 81.1. The van der Waals surface area contributed by atoms with Crippen molar-refractivity contribution in [3.63, 3.8) is 0 Å². The Balaban J connectivity index is 0.942. The summed E-state index contributed by atoms with van der Waals surface area (Å²) < 4.78 is 10.4. The van der Waals surface area contributed by atoms with Gasteiger partial charge < -0.3 is 19.4 Å². The van der Waals surface area contributed by atoms with Crippen molar-refractivity contribution < 1.29 is 4.74 Å². The topological polar surface area (TPSA) is 19.0 Å². The van der Waals surface area contributed by atoms with E-state index >= 15 is 0 Å². The number of nitrogens with zero attached hydrogens (tertiary/aromatic N) is 3. The molecule has 0 amide bonds. The largest absolute Gasteiger partial charge is 0.458 e. The van der Waals surface area contributed by atoms with Crippen molar-refractivity contribution in [2.24, 2.45) is 0 Å². The summed E-state index contributed by atoms with van der Waals surface area (Å²) >= 11 is 1.94. The molecule has 0 atom stereocenters. The molecule has 6 aliphatic rings. The van der Waals surface area contributed by atoms with Gasteiger partial charge in [-0.05, 0) is 192 Å². The number of rotatable bonds is 5. The highest BCUT2D eigenvalue weighted by Gasteiger charge is 2.49. The first-order valence-corrected chi connectivity index (χ1v) is 31.6. The Labute approximate surface area is 505 Å². The molecule has 4 aliphatic heterocycles. The highest BCUT2D eigenvalue weighted by molar-refractivity contribution is 7.33. The van der Waals surface area contributed by atoms with Crippen molar-refractivity contribution >= 4 is 118 Å². The lowest BCUT2D eigenvalue weighted by Crippen LogP contribution is -2.64. The molecule has 0 saturated carbocycles. The van der Waals surface area contributed by atoms with Crippen molar-refractivity contribution in [2.75, 3.05) is 14.7 Å². The summed E-state index contributed by atoms with van der Waals surface area (Å²) in [5.41, 5.74) is 27.9. The number of fused-ring (bicyclic) bond motifs is 12. The van der Waals surface area contributed by atoms with E-state index in [1.54, 1.807) is 0 Å². The Morgan fingerprint density at radius 3 is 1.42 bits per heavy atom. The highest BCUT2D eigenvalue weighted by atomic mass is 32.1. The summed E-state index contributed by atoms with van der Waals surface area (Å²) in [6.07, 6.45) is 4.67. The van der Waals surface area contributed by atoms with E-state index in [1.165, 1.54) is 122 Å². The molecule has 0 N–H and O–H groups in total. The molecule has 4 nitrogen and oxygen atoms in total. The number of para-hydroxylation sites is 4. The number of benzene rings is 10. The zero-order chi connectivity index (χ0) is 57.5. The Kier molecular flexibility index (Phi) is 10.8. The lowest BCUT2D eigenvalue weighted by atomic mass is 9.31. The predicted octanol–water partition coefficient (Wildman–Crippen LogP) is 17.4. The van der Waals surface area contributed by atoms with Crippen LogP contribution in [-0.4, -0.2) is 13.4 Å². The third kappa shape index (κ3) is 7.48. The minimum atomic E-state index is -0.102. The van der Waals surface area contributed by atoms with E-state index in [0.29, 0.717) is 0 Å². The van der Waals surface area contributed by atoms with Crippen LogP contribution in [0, 0.1) is 0 Å². The van der Waals surface area contributed by atoms with Crippen LogP contribution in [0.5, 0.6) is 11.5 Å². The predicted molar refractivity (Wildman–Crippen MR) is 363 cm³/mol. The van der Waals surface area contributed by atoms with E-state index < -0.39 is 0 Å². The standard InChI is InChI=1S/C78H67B2N3OS/c1-75(2)36-38-77(5,6)58-40-48(32-34-56(58)75)50-42-65-71-66(43-50)82(53-24-14-10-15-25-53)64-47-68-62(46-61(64)79(71)60-29-19-20-30-63(60)81(65)52-22-12-9-13-23-52)80-72-67(83(54-26-16-11-17-27-54)73-55-28-18-21-31-70(55)85-74(73)80)44-51(45-69(72)84-68)49-33-35-57-59(41-49)78(7,8)39-37-76(57,3)4/h9-35,40-47H,36-39H2,1-8H3. The second-order valence-electron chi connectivity index (χ2n) is 27.7. The second-order valence-corrected chi connectivity index (χ2v) is 28.8. The minimum absolute atomic E-state index is 0.0567. The number of ether oxygens (including phenoxy) is 1. The Bertz CT molecular complexity index is 4620. The zero-order valence-electron chi connectivity index (χ0n) is 49.8. The van der Waals surface area contributed by atoms with Crippen molar-refractivity contribution in [3.05, 3.63) is 235 Å². The highest BCUT2D eigenvalue weighted by Crippen LogP contribution is 2.53. The molecule has 0 unspecified atom stereocenters. The molecule has 0 radical (unpaired) electrons. The van der Waals surface area contributed by atoms with Gasteiger partial charge in [-0.2, -0.15) is 0 Å². The molecular weight excluding hydrogens is 1050 g/mol. The Morgan fingerprint density at radius 2 is 0.835 bits per heavy atom. The SMILES string of the molecule is CC1(C)CCC(C)(C)c2cc(-c3cc4c5c(c3)N(c3ccccc3)c3c(sc6ccccc36)B5c3cc5c(cc3O4)N(c3ccccc3)c3cc(-c4ccc6c(c4)C(C)(C)CCC6(C)C)cc4c3B5c3ccccc3N4c3ccccc3)ccc21. The number of hydrogen-bond acceptors (Lipinski definition) is 5. The molecule has 11 aromatic rings. The van der Waals surface area contributed by atoms with Crippen LogP contribution < -0.4 is 51.5 Å². The molecule has 0 bridgehead atoms. The van der Waals surface area contributed by atoms with Gasteiger partial charge in [-0.25, -0.2) is 0 Å². The van der Waals surface area contributed by atoms with Crippen molar-refractivity contribution in [3.8, 4) is 33.8 Å². The van der Waals surface area contributed by atoms with Gasteiger partial charge in [-0.3, -0.25) is 0 Å². The van der Waals surface area contributed by atoms with Gasteiger partial charge in [-0.15, -0.1) is 11.3 Å². The van der Waals surface area contributed by atoms with E-state index in [0.717, 1.165) is 52.7 Å². The number of anilines is 9. The van der Waals surface area contributed by atoms with Crippen LogP contribution in [0.3, 0.4) is 0 Å². The second kappa shape index (κ2) is 18.0. The summed E-state index contributed by atoms with van der Waals surface area (Å²) in [7, 11) is 0. The van der Waals surface area contributed by atoms with Crippen LogP contribution in [0.15, 0.2) is 212 Å². The van der Waals surface area contributed by atoms with Gasteiger partial charge in [0.2, 0.25) is 0 Å². The first-order valence-electron chi connectivity index (χ1n) is 30.8. The van der Waals surface area contributed by atoms with Gasteiger partial charge in [0.15, 0.2) is 0 Å². The van der Waals surface area contributed by atoms with E-state index in [1.807, 2.05) is 11.3 Å². The van der Waals surface area contributed by atoms with Crippen LogP contribution >= 0.6 is 11.3 Å². The maximum Gasteiger partial charge on any atom is 0.268 e. The first-order chi connectivity index (χ1) is 41.1. The average Bonchev–Trinajstić information content (AvgIpc) is 1.61. The van der Waals surface area contributed by atoms with Gasteiger partial charge in [0.05, 0.1) is 5.69 Å². The monoisotopic (exact) mass is 1120 g/mol. The fraction of sp³-hybridized carbons (Fsp3) is 0.205. The molecule has 17 rings (SSSR count). The average molecular weight is 1120 g/mol. The quantitative estimate of drug-likeness (QED) is 0.160. The molecule has 0 spiro atoms. The molecule has 1 aromatic heterocycles. The van der Waals surface area contributed by atoms with Crippen LogP contribution in [0.2, 0.25) is 0 Å². The van der Waals surface area contributed by atoms with Crippen LogP contribution in [0.4, 0.5) is 51.2 Å². The van der Waals surface area contributed by atoms with Crippen LogP contribution in [-0.2, 0) is 21.7 Å². The lowest BCUT2D eigenvalue weighted by Gasteiger charge is -2.45. The third-order valence-corrected chi connectivity index (χ3v) is 22.0. The number of hydrogen-bond donors (Lipinski definition) is 0. The molecule has 0 saturated heterocycles. The van der Waals surface area contributed by atoms with E-state index in [2.05, 4.69) is 282 Å². The molecule has 5 heterocycles. The summed E-state index contributed by atoms with van der Waals surface area (Å²) in [6.45, 7) is 19.3. The van der Waals surface area contributed by atoms with Crippen molar-refractivity contribution in [1.82, 2.24) is 0 Å². The van der Waals surface area contributed by atoms with Crippen molar-refractivity contribution in [2.45, 2.75) is 103 Å². The lowest BCUT2D eigenvalue weighted by molar-refractivity contribution is 0.332. The summed E-state index contributed by atoms with van der Waals surface area (Å²) in [5, 5.41) is 1.27. The zero-order valence-corrected chi connectivity index (χ0v) is 50.7.